The van der Waals surface area contributed by atoms with E-state index in [2.05, 4.69) is 0 Å². The zero-order chi connectivity index (χ0) is 8.97. The van der Waals surface area contributed by atoms with Crippen LogP contribution in [0.3, 0.4) is 0 Å². The molecule has 1 nitrogen and oxygen atoms in total. The molecule has 0 spiro atoms. The first kappa shape index (κ1) is 9.04. The number of rotatable bonds is 3. The number of halogens is 1. The Hall–Kier alpha value is -1.05. The third-order valence-corrected chi connectivity index (χ3v) is 1.68. The fraction of sp³-hybridized carbons (Fsp3) is 0.400. The van der Waals surface area contributed by atoms with E-state index >= 15 is 0 Å². The summed E-state index contributed by atoms with van der Waals surface area (Å²) in [5, 5.41) is 0. The van der Waals surface area contributed by atoms with Crippen molar-refractivity contribution >= 4 is 0 Å². The van der Waals surface area contributed by atoms with Gasteiger partial charge in [0.1, 0.15) is 11.6 Å². The van der Waals surface area contributed by atoms with Crippen molar-refractivity contribution in [2.75, 3.05) is 6.61 Å². The van der Waals surface area contributed by atoms with Crippen molar-refractivity contribution in [1.82, 2.24) is 0 Å². The van der Waals surface area contributed by atoms with Gasteiger partial charge in [0.15, 0.2) is 0 Å². The maximum Gasteiger partial charge on any atom is 0.129 e. The van der Waals surface area contributed by atoms with Gasteiger partial charge in [-0.05, 0) is 25.5 Å². The highest BCUT2D eigenvalue weighted by Gasteiger charge is 2.02. The van der Waals surface area contributed by atoms with E-state index in [-0.39, 0.29) is 5.82 Å². The molecule has 0 saturated carbocycles. The van der Waals surface area contributed by atoms with Crippen LogP contribution in [0.15, 0.2) is 18.2 Å². The summed E-state index contributed by atoms with van der Waals surface area (Å²) in [6, 6.07) is 4.88. The van der Waals surface area contributed by atoms with E-state index in [0.717, 1.165) is 6.42 Å². The fourth-order valence-electron chi connectivity index (χ4n) is 0.956. The first-order valence-corrected chi connectivity index (χ1v) is 4.13. The van der Waals surface area contributed by atoms with Crippen molar-refractivity contribution in [3.05, 3.63) is 29.6 Å². The lowest BCUT2D eigenvalue weighted by molar-refractivity contribution is 0.313. The first-order chi connectivity index (χ1) is 5.75. The number of benzene rings is 1. The Morgan fingerprint density at radius 1 is 1.42 bits per heavy atom. The van der Waals surface area contributed by atoms with E-state index in [1.165, 1.54) is 6.07 Å². The molecule has 0 unspecified atom stereocenters. The molecular weight excluding hydrogens is 155 g/mol. The van der Waals surface area contributed by atoms with Crippen LogP contribution < -0.4 is 4.74 Å². The Balaban J connectivity index is 2.78. The maximum atomic E-state index is 12.9. The molecule has 0 aliphatic heterocycles. The highest BCUT2D eigenvalue weighted by atomic mass is 19.1. The minimum Gasteiger partial charge on any atom is -0.493 e. The van der Waals surface area contributed by atoms with E-state index < -0.39 is 0 Å². The Morgan fingerprint density at radius 3 is 2.83 bits per heavy atom. The minimum absolute atomic E-state index is 0.205. The van der Waals surface area contributed by atoms with Crippen LogP contribution in [0.5, 0.6) is 5.75 Å². The zero-order valence-corrected chi connectivity index (χ0v) is 7.43. The summed E-state index contributed by atoms with van der Waals surface area (Å²) >= 11 is 0. The Bertz CT molecular complexity index is 258. The van der Waals surface area contributed by atoms with Gasteiger partial charge in [0.2, 0.25) is 0 Å². The second-order valence-corrected chi connectivity index (χ2v) is 2.71. The van der Waals surface area contributed by atoms with Crippen molar-refractivity contribution in [3.63, 3.8) is 0 Å². The van der Waals surface area contributed by atoms with E-state index in [4.69, 9.17) is 4.74 Å². The van der Waals surface area contributed by atoms with E-state index in [1.807, 2.05) is 6.92 Å². The third kappa shape index (κ3) is 1.97. The lowest BCUT2D eigenvalue weighted by atomic mass is 10.2. The molecule has 0 saturated heterocycles. The molecule has 1 rings (SSSR count). The highest BCUT2D eigenvalue weighted by Crippen LogP contribution is 2.19. The SMILES string of the molecule is CCCOc1cccc(F)c1C. The molecule has 0 aliphatic carbocycles. The van der Waals surface area contributed by atoms with Crippen molar-refractivity contribution in [3.8, 4) is 5.75 Å². The van der Waals surface area contributed by atoms with E-state index in [0.29, 0.717) is 17.9 Å². The van der Waals surface area contributed by atoms with Gasteiger partial charge < -0.3 is 4.74 Å². The lowest BCUT2D eigenvalue weighted by Crippen LogP contribution is -1.97. The second kappa shape index (κ2) is 4.10. The quantitative estimate of drug-likeness (QED) is 0.674. The summed E-state index contributed by atoms with van der Waals surface area (Å²) in [5.41, 5.74) is 0.589. The summed E-state index contributed by atoms with van der Waals surface area (Å²) in [7, 11) is 0. The number of ether oxygens (including phenoxy) is 1. The minimum atomic E-state index is -0.205. The predicted octanol–water partition coefficient (Wildman–Crippen LogP) is 2.92. The van der Waals surface area contributed by atoms with Gasteiger partial charge in [-0.25, -0.2) is 4.39 Å². The van der Waals surface area contributed by atoms with Gasteiger partial charge in [-0.15, -0.1) is 0 Å². The monoisotopic (exact) mass is 168 g/mol. The van der Waals surface area contributed by atoms with Crippen LogP contribution in [0.25, 0.3) is 0 Å². The van der Waals surface area contributed by atoms with Crippen molar-refractivity contribution in [1.29, 1.82) is 0 Å². The topological polar surface area (TPSA) is 9.23 Å². The second-order valence-electron chi connectivity index (χ2n) is 2.71. The van der Waals surface area contributed by atoms with E-state index in [9.17, 15) is 4.39 Å². The predicted molar refractivity (Wildman–Crippen MR) is 46.9 cm³/mol. The van der Waals surface area contributed by atoms with Gasteiger partial charge in [-0.3, -0.25) is 0 Å². The van der Waals surface area contributed by atoms with Crippen molar-refractivity contribution < 1.29 is 9.13 Å². The molecule has 0 N–H and O–H groups in total. The third-order valence-electron chi connectivity index (χ3n) is 1.68. The van der Waals surface area contributed by atoms with Gasteiger partial charge >= 0.3 is 0 Å². The molecule has 0 amide bonds. The number of hydrogen-bond acceptors (Lipinski definition) is 1. The van der Waals surface area contributed by atoms with Gasteiger partial charge in [0.05, 0.1) is 6.61 Å². The summed E-state index contributed by atoms with van der Waals surface area (Å²) < 4.78 is 18.3. The van der Waals surface area contributed by atoms with Gasteiger partial charge in [-0.1, -0.05) is 13.0 Å². The van der Waals surface area contributed by atoms with Crippen LogP contribution in [0.2, 0.25) is 0 Å². The Kier molecular flexibility index (Phi) is 3.09. The van der Waals surface area contributed by atoms with E-state index in [1.54, 1.807) is 19.1 Å². The summed E-state index contributed by atoms with van der Waals surface area (Å²) in [5.74, 6) is 0.445. The molecule has 12 heavy (non-hydrogen) atoms. The van der Waals surface area contributed by atoms with Crippen LogP contribution >= 0.6 is 0 Å². The Morgan fingerprint density at radius 2 is 2.17 bits per heavy atom. The molecule has 0 bridgehead atoms. The molecule has 0 aromatic heterocycles. The standard InChI is InChI=1S/C10H13FO/c1-3-7-12-10-6-4-5-9(11)8(10)2/h4-6H,3,7H2,1-2H3. The molecule has 2 heteroatoms. The zero-order valence-electron chi connectivity index (χ0n) is 7.43. The van der Waals surface area contributed by atoms with Crippen molar-refractivity contribution in [2.24, 2.45) is 0 Å². The van der Waals surface area contributed by atoms with Crippen LogP contribution in [-0.4, -0.2) is 6.61 Å². The summed E-state index contributed by atoms with van der Waals surface area (Å²) in [6.07, 6.45) is 0.940. The molecule has 0 fully saturated rings. The van der Waals surface area contributed by atoms with Gasteiger partial charge in [-0.2, -0.15) is 0 Å². The molecule has 0 radical (unpaired) electrons. The van der Waals surface area contributed by atoms with Gasteiger partial charge in [0, 0.05) is 5.56 Å². The normalized spacial score (nSPS) is 9.92. The molecule has 0 aliphatic rings. The first-order valence-electron chi connectivity index (χ1n) is 4.13. The molecule has 0 atom stereocenters. The fourth-order valence-corrected chi connectivity index (χ4v) is 0.956. The van der Waals surface area contributed by atoms with Crippen LogP contribution in [0.1, 0.15) is 18.9 Å². The molecule has 1 aromatic carbocycles. The average molecular weight is 168 g/mol. The van der Waals surface area contributed by atoms with Crippen LogP contribution in [0.4, 0.5) is 4.39 Å². The van der Waals surface area contributed by atoms with Crippen LogP contribution in [-0.2, 0) is 0 Å². The summed E-state index contributed by atoms with van der Waals surface area (Å²) in [6.45, 7) is 4.39. The maximum absolute atomic E-state index is 12.9. The molecule has 66 valence electrons. The van der Waals surface area contributed by atoms with Gasteiger partial charge in [0.25, 0.3) is 0 Å². The molecular formula is C10H13FO. The van der Waals surface area contributed by atoms with Crippen molar-refractivity contribution in [2.45, 2.75) is 20.3 Å². The average Bonchev–Trinajstić information content (AvgIpc) is 2.08. The summed E-state index contributed by atoms with van der Waals surface area (Å²) in [4.78, 5) is 0. The molecule has 0 heterocycles. The Labute approximate surface area is 72.2 Å². The molecule has 1 aromatic rings. The lowest BCUT2D eigenvalue weighted by Gasteiger charge is -2.07. The van der Waals surface area contributed by atoms with Crippen LogP contribution in [0, 0.1) is 12.7 Å². The smallest absolute Gasteiger partial charge is 0.129 e. The highest BCUT2D eigenvalue weighted by molar-refractivity contribution is 5.33. The number of hydrogen-bond donors (Lipinski definition) is 0. The largest absolute Gasteiger partial charge is 0.493 e.